The predicted octanol–water partition coefficient (Wildman–Crippen LogP) is 3.16. The summed E-state index contributed by atoms with van der Waals surface area (Å²) < 4.78 is 28.2. The van der Waals surface area contributed by atoms with Crippen molar-refractivity contribution in [1.82, 2.24) is 0 Å². The number of rotatable bonds is 5. The highest BCUT2D eigenvalue weighted by atomic mass is 79.9. The van der Waals surface area contributed by atoms with Gasteiger partial charge in [-0.2, -0.15) is 8.78 Å². The van der Waals surface area contributed by atoms with Crippen LogP contribution in [0.3, 0.4) is 0 Å². The van der Waals surface area contributed by atoms with Crippen LogP contribution in [0, 0.1) is 10.1 Å². The zero-order valence-corrected chi connectivity index (χ0v) is 10.7. The first kappa shape index (κ1) is 14.5. The molecule has 8 heteroatoms. The van der Waals surface area contributed by atoms with E-state index in [0.29, 0.717) is 0 Å². The normalized spacial score (nSPS) is 12.3. The standard InChI is InChI=1S/C10H8BrF2NO4/c1-5(11)9(15)6-2-7(14(16)17)4-8(3-6)18-10(12)13/h2-5,10H,1H3. The lowest BCUT2D eigenvalue weighted by Crippen LogP contribution is -2.11. The Balaban J connectivity index is 3.22. The second-order valence-corrected chi connectivity index (χ2v) is 4.70. The average molecular weight is 324 g/mol. The quantitative estimate of drug-likeness (QED) is 0.361. The minimum absolute atomic E-state index is 0.0655. The number of hydrogen-bond acceptors (Lipinski definition) is 4. The van der Waals surface area contributed by atoms with Crippen LogP contribution in [0.25, 0.3) is 0 Å². The Morgan fingerprint density at radius 3 is 2.50 bits per heavy atom. The minimum atomic E-state index is -3.11. The van der Waals surface area contributed by atoms with Gasteiger partial charge >= 0.3 is 6.61 Å². The van der Waals surface area contributed by atoms with Crippen LogP contribution in [0.15, 0.2) is 18.2 Å². The van der Waals surface area contributed by atoms with Crippen molar-refractivity contribution in [2.45, 2.75) is 18.4 Å². The maximum atomic E-state index is 12.1. The van der Waals surface area contributed by atoms with E-state index in [2.05, 4.69) is 20.7 Å². The molecule has 0 radical (unpaired) electrons. The third kappa shape index (κ3) is 3.73. The lowest BCUT2D eigenvalue weighted by atomic mass is 10.1. The van der Waals surface area contributed by atoms with E-state index in [0.717, 1.165) is 18.2 Å². The Bertz CT molecular complexity index is 479. The maximum Gasteiger partial charge on any atom is 0.387 e. The molecular formula is C10H8BrF2NO4. The molecule has 0 aliphatic rings. The minimum Gasteiger partial charge on any atom is -0.435 e. The van der Waals surface area contributed by atoms with Crippen LogP contribution in [0.5, 0.6) is 5.75 Å². The molecule has 0 fully saturated rings. The molecule has 5 nitrogen and oxygen atoms in total. The molecule has 1 atom stereocenters. The predicted molar refractivity (Wildman–Crippen MR) is 62.4 cm³/mol. The summed E-state index contributed by atoms with van der Waals surface area (Å²) in [5.41, 5.74) is -0.547. The fourth-order valence-electron chi connectivity index (χ4n) is 1.23. The van der Waals surface area contributed by atoms with Gasteiger partial charge in [-0.05, 0) is 13.0 Å². The van der Waals surface area contributed by atoms with Crippen molar-refractivity contribution in [1.29, 1.82) is 0 Å². The van der Waals surface area contributed by atoms with Crippen LogP contribution in [-0.4, -0.2) is 22.1 Å². The summed E-state index contributed by atoms with van der Waals surface area (Å²) in [5.74, 6) is -0.881. The second kappa shape index (κ2) is 5.85. The van der Waals surface area contributed by atoms with Crippen LogP contribution < -0.4 is 4.74 Å². The molecule has 0 N–H and O–H groups in total. The molecule has 0 aromatic heterocycles. The molecule has 0 saturated heterocycles. The van der Waals surface area contributed by atoms with Crippen LogP contribution in [0.4, 0.5) is 14.5 Å². The summed E-state index contributed by atoms with van der Waals surface area (Å²) in [6, 6.07) is 2.89. The fourth-order valence-corrected chi connectivity index (χ4v) is 1.50. The van der Waals surface area contributed by atoms with Crippen molar-refractivity contribution >= 4 is 27.4 Å². The Kier molecular flexibility index (Phi) is 4.71. The first-order chi connectivity index (χ1) is 8.31. The number of carbonyl (C=O) groups is 1. The van der Waals surface area contributed by atoms with Gasteiger partial charge in [0, 0.05) is 11.6 Å². The number of non-ortho nitro benzene ring substituents is 1. The largest absolute Gasteiger partial charge is 0.435 e. The van der Waals surface area contributed by atoms with Gasteiger partial charge < -0.3 is 4.74 Å². The lowest BCUT2D eigenvalue weighted by molar-refractivity contribution is -0.385. The van der Waals surface area contributed by atoms with Gasteiger partial charge in [0.2, 0.25) is 0 Å². The molecule has 1 rings (SSSR count). The average Bonchev–Trinajstić information content (AvgIpc) is 2.26. The van der Waals surface area contributed by atoms with Gasteiger partial charge in [0.1, 0.15) is 5.75 Å². The van der Waals surface area contributed by atoms with E-state index in [4.69, 9.17) is 0 Å². The number of nitrogens with zero attached hydrogens (tertiary/aromatic N) is 1. The first-order valence-corrected chi connectivity index (χ1v) is 5.65. The van der Waals surface area contributed by atoms with Crippen molar-refractivity contribution in [2.24, 2.45) is 0 Å². The van der Waals surface area contributed by atoms with Gasteiger partial charge in [-0.15, -0.1) is 0 Å². The summed E-state index contributed by atoms with van der Waals surface area (Å²) in [4.78, 5) is 20.9. The van der Waals surface area contributed by atoms with E-state index in [-0.39, 0.29) is 5.56 Å². The molecule has 0 aliphatic heterocycles. The summed E-state index contributed by atoms with van der Waals surface area (Å²) in [6.45, 7) is -1.59. The molecule has 0 spiro atoms. The van der Waals surface area contributed by atoms with Gasteiger partial charge in [0.05, 0.1) is 15.8 Å². The summed E-state index contributed by atoms with van der Waals surface area (Å²) in [6.07, 6.45) is 0. The monoisotopic (exact) mass is 323 g/mol. The first-order valence-electron chi connectivity index (χ1n) is 4.74. The maximum absolute atomic E-state index is 12.1. The van der Waals surface area contributed by atoms with Crippen molar-refractivity contribution in [3.05, 3.63) is 33.9 Å². The molecular weight excluding hydrogens is 316 g/mol. The van der Waals surface area contributed by atoms with E-state index in [9.17, 15) is 23.7 Å². The number of nitro benzene ring substituents is 1. The number of halogens is 3. The number of alkyl halides is 3. The smallest absolute Gasteiger partial charge is 0.387 e. The summed E-state index contributed by atoms with van der Waals surface area (Å²) in [7, 11) is 0. The number of carbonyl (C=O) groups excluding carboxylic acids is 1. The van der Waals surface area contributed by atoms with Gasteiger partial charge in [-0.3, -0.25) is 14.9 Å². The molecule has 18 heavy (non-hydrogen) atoms. The number of hydrogen-bond donors (Lipinski definition) is 0. The molecule has 1 aromatic rings. The highest BCUT2D eigenvalue weighted by Crippen LogP contribution is 2.25. The topological polar surface area (TPSA) is 69.4 Å². The molecule has 0 heterocycles. The van der Waals surface area contributed by atoms with E-state index in [1.165, 1.54) is 6.92 Å². The number of ether oxygens (including phenoxy) is 1. The zero-order chi connectivity index (χ0) is 13.9. The second-order valence-electron chi connectivity index (χ2n) is 3.33. The molecule has 1 aromatic carbocycles. The summed E-state index contributed by atoms with van der Waals surface area (Å²) >= 11 is 3.01. The number of benzene rings is 1. The third-order valence-corrected chi connectivity index (χ3v) is 2.39. The molecule has 98 valence electrons. The van der Waals surface area contributed by atoms with E-state index in [1.54, 1.807) is 0 Å². The summed E-state index contributed by atoms with van der Waals surface area (Å²) in [5, 5.41) is 10.6. The van der Waals surface area contributed by atoms with Crippen molar-refractivity contribution < 1.29 is 23.2 Å². The number of ketones is 1. The van der Waals surface area contributed by atoms with E-state index >= 15 is 0 Å². The molecule has 1 unspecified atom stereocenters. The zero-order valence-electron chi connectivity index (χ0n) is 9.10. The molecule has 0 saturated carbocycles. The van der Waals surface area contributed by atoms with E-state index < -0.39 is 33.6 Å². The van der Waals surface area contributed by atoms with Crippen LogP contribution in [0.2, 0.25) is 0 Å². The van der Waals surface area contributed by atoms with Crippen LogP contribution >= 0.6 is 15.9 Å². The van der Waals surface area contributed by atoms with Crippen molar-refractivity contribution in [3.63, 3.8) is 0 Å². The van der Waals surface area contributed by atoms with Crippen molar-refractivity contribution in [3.8, 4) is 5.75 Å². The number of nitro groups is 1. The van der Waals surface area contributed by atoms with Gasteiger partial charge in [-0.25, -0.2) is 0 Å². The van der Waals surface area contributed by atoms with Gasteiger partial charge in [0.15, 0.2) is 5.78 Å². The highest BCUT2D eigenvalue weighted by molar-refractivity contribution is 9.10. The Morgan fingerprint density at radius 2 is 2.06 bits per heavy atom. The molecule has 0 aliphatic carbocycles. The third-order valence-electron chi connectivity index (χ3n) is 1.97. The SMILES string of the molecule is CC(Br)C(=O)c1cc(OC(F)F)cc([N+](=O)[O-])c1. The fraction of sp³-hybridized carbons (Fsp3) is 0.300. The highest BCUT2D eigenvalue weighted by Gasteiger charge is 2.19. The Morgan fingerprint density at radius 1 is 1.44 bits per heavy atom. The van der Waals surface area contributed by atoms with E-state index in [1.807, 2.05) is 0 Å². The molecule has 0 bridgehead atoms. The van der Waals surface area contributed by atoms with Crippen molar-refractivity contribution in [2.75, 3.05) is 0 Å². The molecule has 0 amide bonds. The van der Waals surface area contributed by atoms with Crippen LogP contribution in [-0.2, 0) is 0 Å². The lowest BCUT2D eigenvalue weighted by Gasteiger charge is -2.07. The van der Waals surface area contributed by atoms with Gasteiger partial charge in [-0.1, -0.05) is 15.9 Å². The Hall–Kier alpha value is -1.57. The Labute approximate surface area is 109 Å². The van der Waals surface area contributed by atoms with Crippen LogP contribution in [0.1, 0.15) is 17.3 Å². The van der Waals surface area contributed by atoms with Gasteiger partial charge in [0.25, 0.3) is 5.69 Å². The number of Topliss-reactive ketones (excluding diaryl/α,β-unsaturated/α-hetero) is 1.